The number of aliphatic hydroxyl groups excluding tert-OH is 1. The number of hydrogen-bond acceptors (Lipinski definition) is 4. The van der Waals surface area contributed by atoms with Crippen LogP contribution in [0.4, 0.5) is 5.95 Å². The van der Waals surface area contributed by atoms with E-state index in [0.29, 0.717) is 18.5 Å². The number of halogens is 1. The molecule has 136 valence electrons. The van der Waals surface area contributed by atoms with Crippen molar-refractivity contribution in [3.05, 3.63) is 52.3 Å². The van der Waals surface area contributed by atoms with Crippen LogP contribution in [0.1, 0.15) is 42.9 Å². The van der Waals surface area contributed by atoms with Gasteiger partial charge in [0.1, 0.15) is 5.65 Å². The number of anilines is 1. The lowest BCUT2D eigenvalue weighted by Gasteiger charge is -2.27. The molecule has 1 saturated carbocycles. The predicted molar refractivity (Wildman–Crippen MR) is 107 cm³/mol. The van der Waals surface area contributed by atoms with E-state index >= 15 is 0 Å². The summed E-state index contributed by atoms with van der Waals surface area (Å²) in [6, 6.07) is 8.84. The molecule has 0 aliphatic heterocycles. The zero-order valence-corrected chi connectivity index (χ0v) is 16.4. The number of benzene rings is 1. The van der Waals surface area contributed by atoms with Gasteiger partial charge in [-0.3, -0.25) is 0 Å². The monoisotopic (exact) mass is 414 g/mol. The summed E-state index contributed by atoms with van der Waals surface area (Å²) < 4.78 is 3.26. The van der Waals surface area contributed by atoms with E-state index in [1.807, 2.05) is 6.20 Å². The molecule has 1 fully saturated rings. The van der Waals surface area contributed by atoms with Gasteiger partial charge in [0.05, 0.1) is 11.5 Å². The Bertz CT molecular complexity index is 898. The first kappa shape index (κ1) is 17.5. The first-order chi connectivity index (χ1) is 12.6. The summed E-state index contributed by atoms with van der Waals surface area (Å²) in [5.41, 5.74) is 3.41. The largest absolute Gasteiger partial charge is 0.393 e. The second-order valence-corrected chi connectivity index (χ2v) is 7.97. The summed E-state index contributed by atoms with van der Waals surface area (Å²) in [5.74, 6) is 0.640. The van der Waals surface area contributed by atoms with Gasteiger partial charge < -0.3 is 15.0 Å². The fourth-order valence-corrected chi connectivity index (χ4v) is 4.08. The second-order valence-electron chi connectivity index (χ2n) is 7.12. The molecule has 0 spiro atoms. The van der Waals surface area contributed by atoms with Gasteiger partial charge >= 0.3 is 0 Å². The van der Waals surface area contributed by atoms with Crippen molar-refractivity contribution in [3.8, 4) is 0 Å². The third kappa shape index (κ3) is 3.62. The molecular weight excluding hydrogens is 392 g/mol. The molecule has 0 bridgehead atoms. The van der Waals surface area contributed by atoms with Crippen molar-refractivity contribution in [1.29, 1.82) is 0 Å². The highest BCUT2D eigenvalue weighted by molar-refractivity contribution is 9.10. The Balaban J connectivity index is 1.57. The van der Waals surface area contributed by atoms with E-state index in [2.05, 4.69) is 68.2 Å². The van der Waals surface area contributed by atoms with Crippen LogP contribution in [0.25, 0.3) is 11.0 Å². The Morgan fingerprint density at radius 2 is 1.92 bits per heavy atom. The molecule has 5 nitrogen and oxygen atoms in total. The van der Waals surface area contributed by atoms with E-state index in [-0.39, 0.29) is 6.10 Å². The highest BCUT2D eigenvalue weighted by Gasteiger charge is 2.23. The van der Waals surface area contributed by atoms with Crippen molar-refractivity contribution in [2.75, 3.05) is 5.32 Å². The molecule has 2 aromatic heterocycles. The van der Waals surface area contributed by atoms with Crippen LogP contribution in [0.2, 0.25) is 0 Å². The van der Waals surface area contributed by atoms with Crippen molar-refractivity contribution >= 4 is 32.9 Å². The summed E-state index contributed by atoms with van der Waals surface area (Å²) in [6.45, 7) is 2.79. The number of fused-ring (bicyclic) bond motifs is 1. The lowest BCUT2D eigenvalue weighted by atomic mass is 9.93. The molecular formula is C20H23BrN4O. The molecule has 4 rings (SSSR count). The smallest absolute Gasteiger partial charge is 0.224 e. The lowest BCUT2D eigenvalue weighted by molar-refractivity contribution is 0.111. The maximum absolute atomic E-state index is 9.78. The van der Waals surface area contributed by atoms with Crippen molar-refractivity contribution in [2.24, 2.45) is 0 Å². The number of hydrogen-bond donors (Lipinski definition) is 2. The van der Waals surface area contributed by atoms with Gasteiger partial charge in [0.25, 0.3) is 0 Å². The SMILES string of the molecule is Cc1ccc(CNc2ncc3c(Br)cn(C4CCC(O)CC4)c3n2)cc1. The molecule has 1 aliphatic carbocycles. The van der Waals surface area contributed by atoms with E-state index in [4.69, 9.17) is 4.98 Å². The average molecular weight is 415 g/mol. The number of aromatic nitrogens is 3. The van der Waals surface area contributed by atoms with Crippen LogP contribution in [-0.2, 0) is 6.54 Å². The summed E-state index contributed by atoms with van der Waals surface area (Å²) in [5, 5.41) is 14.1. The third-order valence-corrected chi connectivity index (χ3v) is 5.79. The normalized spacial score (nSPS) is 20.4. The van der Waals surface area contributed by atoms with Crippen LogP contribution < -0.4 is 5.32 Å². The Labute approximate surface area is 161 Å². The summed E-state index contributed by atoms with van der Waals surface area (Å²) in [7, 11) is 0. The van der Waals surface area contributed by atoms with Gasteiger partial charge in [-0.1, -0.05) is 29.8 Å². The minimum atomic E-state index is -0.155. The molecule has 0 saturated heterocycles. The molecule has 0 amide bonds. The molecule has 26 heavy (non-hydrogen) atoms. The number of nitrogens with zero attached hydrogens (tertiary/aromatic N) is 3. The second kappa shape index (κ2) is 7.37. The Hall–Kier alpha value is -1.92. The van der Waals surface area contributed by atoms with Crippen LogP contribution in [0.3, 0.4) is 0 Å². The predicted octanol–water partition coefficient (Wildman–Crippen LogP) is 4.59. The van der Waals surface area contributed by atoms with Crippen LogP contribution in [0.15, 0.2) is 41.1 Å². The summed E-state index contributed by atoms with van der Waals surface area (Å²) in [6.07, 6.45) is 7.49. The molecule has 0 atom stereocenters. The Morgan fingerprint density at radius 3 is 2.65 bits per heavy atom. The highest BCUT2D eigenvalue weighted by atomic mass is 79.9. The zero-order chi connectivity index (χ0) is 18.1. The van der Waals surface area contributed by atoms with E-state index in [9.17, 15) is 5.11 Å². The summed E-state index contributed by atoms with van der Waals surface area (Å²) >= 11 is 3.63. The van der Waals surface area contributed by atoms with E-state index in [1.165, 1.54) is 11.1 Å². The van der Waals surface area contributed by atoms with Gasteiger partial charge in [-0.05, 0) is 54.1 Å². The Kier molecular flexibility index (Phi) is 4.96. The summed E-state index contributed by atoms with van der Waals surface area (Å²) in [4.78, 5) is 9.24. The van der Waals surface area contributed by atoms with Crippen molar-refractivity contribution in [2.45, 2.75) is 51.3 Å². The third-order valence-electron chi connectivity index (χ3n) is 5.15. The van der Waals surface area contributed by atoms with Crippen LogP contribution >= 0.6 is 15.9 Å². The average Bonchev–Trinajstić information content (AvgIpc) is 2.98. The van der Waals surface area contributed by atoms with Gasteiger partial charge in [-0.25, -0.2) is 4.98 Å². The molecule has 0 unspecified atom stereocenters. The number of aryl methyl sites for hydroxylation is 1. The van der Waals surface area contributed by atoms with Crippen LogP contribution in [0, 0.1) is 6.92 Å². The van der Waals surface area contributed by atoms with Gasteiger partial charge in [0, 0.05) is 29.5 Å². The molecule has 1 aliphatic rings. The lowest BCUT2D eigenvalue weighted by Crippen LogP contribution is -2.20. The molecule has 2 N–H and O–H groups in total. The quantitative estimate of drug-likeness (QED) is 0.654. The highest BCUT2D eigenvalue weighted by Crippen LogP contribution is 2.34. The Morgan fingerprint density at radius 1 is 1.19 bits per heavy atom. The molecule has 6 heteroatoms. The standard InChI is InChI=1S/C20H23BrN4O/c1-13-2-4-14(5-3-13)10-22-20-23-11-17-18(21)12-25(19(17)24-20)15-6-8-16(26)9-7-15/h2-5,11-12,15-16,26H,6-10H2,1H3,(H,22,23,24). The van der Waals surface area contributed by atoms with Crippen molar-refractivity contribution in [1.82, 2.24) is 14.5 Å². The van der Waals surface area contributed by atoms with Crippen LogP contribution in [-0.4, -0.2) is 25.7 Å². The van der Waals surface area contributed by atoms with Gasteiger partial charge in [-0.2, -0.15) is 4.98 Å². The zero-order valence-electron chi connectivity index (χ0n) is 14.8. The fraction of sp³-hybridized carbons (Fsp3) is 0.400. The van der Waals surface area contributed by atoms with Crippen LogP contribution in [0.5, 0.6) is 0 Å². The molecule has 1 aromatic carbocycles. The first-order valence-electron chi connectivity index (χ1n) is 9.11. The van der Waals surface area contributed by atoms with E-state index < -0.39 is 0 Å². The molecule has 2 heterocycles. The topological polar surface area (TPSA) is 63.0 Å². The minimum absolute atomic E-state index is 0.155. The first-order valence-corrected chi connectivity index (χ1v) is 9.90. The molecule has 0 radical (unpaired) electrons. The number of nitrogens with one attached hydrogen (secondary N) is 1. The maximum Gasteiger partial charge on any atom is 0.224 e. The maximum atomic E-state index is 9.78. The van der Waals surface area contributed by atoms with Gasteiger partial charge in [-0.15, -0.1) is 0 Å². The fourth-order valence-electron chi connectivity index (χ4n) is 3.58. The number of aliphatic hydroxyl groups is 1. The minimum Gasteiger partial charge on any atom is -0.393 e. The van der Waals surface area contributed by atoms with Crippen molar-refractivity contribution in [3.63, 3.8) is 0 Å². The number of rotatable bonds is 4. The van der Waals surface area contributed by atoms with E-state index in [1.54, 1.807) is 0 Å². The van der Waals surface area contributed by atoms with E-state index in [0.717, 1.165) is 41.2 Å². The van der Waals surface area contributed by atoms with Gasteiger partial charge in [0.2, 0.25) is 5.95 Å². The molecule has 3 aromatic rings. The van der Waals surface area contributed by atoms with Gasteiger partial charge in [0.15, 0.2) is 0 Å². The van der Waals surface area contributed by atoms with Crippen molar-refractivity contribution < 1.29 is 5.11 Å².